The minimum absolute atomic E-state index is 0.149. The molecule has 30 heavy (non-hydrogen) atoms. The van der Waals surface area contributed by atoms with Crippen molar-refractivity contribution in [3.63, 3.8) is 0 Å². The van der Waals surface area contributed by atoms with Gasteiger partial charge in [-0.15, -0.1) is 0 Å². The van der Waals surface area contributed by atoms with Crippen LogP contribution in [0.25, 0.3) is 11.4 Å². The molecule has 0 radical (unpaired) electrons. The molecule has 1 N–H and O–H groups in total. The van der Waals surface area contributed by atoms with E-state index < -0.39 is 11.9 Å². The van der Waals surface area contributed by atoms with Crippen molar-refractivity contribution in [1.29, 1.82) is 0 Å². The number of halogens is 1. The summed E-state index contributed by atoms with van der Waals surface area (Å²) in [6, 6.07) is 16.1. The molecule has 0 fully saturated rings. The van der Waals surface area contributed by atoms with E-state index in [4.69, 9.17) is 13.7 Å². The van der Waals surface area contributed by atoms with Crippen molar-refractivity contribution in [2.45, 2.75) is 19.6 Å². The van der Waals surface area contributed by atoms with Crippen LogP contribution < -0.4 is 10.1 Å². The fraction of sp³-hybridized carbons (Fsp3) is 0.136. The lowest BCUT2D eigenvalue weighted by Crippen LogP contribution is -2.27. The van der Waals surface area contributed by atoms with Gasteiger partial charge < -0.3 is 19.0 Å². The molecule has 0 aliphatic heterocycles. The number of carbonyl (C=O) groups excluding carboxylic acids is 1. The number of hydrogen-bond donors (Lipinski definition) is 1. The van der Waals surface area contributed by atoms with Gasteiger partial charge in [-0.2, -0.15) is 4.98 Å². The molecule has 7 nitrogen and oxygen atoms in total. The molecular weight excluding hydrogens is 389 g/mol. The number of furan rings is 1. The zero-order valence-electron chi connectivity index (χ0n) is 16.0. The predicted molar refractivity (Wildman–Crippen MR) is 105 cm³/mol. The highest BCUT2D eigenvalue weighted by atomic mass is 19.1. The molecule has 8 heteroatoms. The van der Waals surface area contributed by atoms with Crippen molar-refractivity contribution in [2.24, 2.45) is 0 Å². The van der Waals surface area contributed by atoms with Gasteiger partial charge in [-0.3, -0.25) is 4.79 Å². The van der Waals surface area contributed by atoms with Crippen molar-refractivity contribution < 1.29 is 22.9 Å². The van der Waals surface area contributed by atoms with Crippen LogP contribution in [0.2, 0.25) is 0 Å². The summed E-state index contributed by atoms with van der Waals surface area (Å²) in [5.74, 6) is 0.584. The monoisotopic (exact) mass is 407 g/mol. The van der Waals surface area contributed by atoms with Gasteiger partial charge in [-0.05, 0) is 49.4 Å². The minimum Gasteiger partial charge on any atom is -0.489 e. The van der Waals surface area contributed by atoms with Crippen LogP contribution in [0.4, 0.5) is 4.39 Å². The number of nitrogens with zero attached hydrogens (tertiary/aromatic N) is 2. The molecule has 4 aromatic rings. The molecule has 2 aromatic carbocycles. The van der Waals surface area contributed by atoms with Gasteiger partial charge in [-0.1, -0.05) is 23.4 Å². The maximum absolute atomic E-state index is 13.1. The smallest absolute Gasteiger partial charge is 0.288 e. The number of benzene rings is 2. The molecule has 0 bridgehead atoms. The summed E-state index contributed by atoms with van der Waals surface area (Å²) in [7, 11) is 0. The van der Waals surface area contributed by atoms with Crippen molar-refractivity contribution in [2.75, 3.05) is 0 Å². The van der Waals surface area contributed by atoms with E-state index in [0.717, 1.165) is 0 Å². The first-order valence-electron chi connectivity index (χ1n) is 9.25. The summed E-state index contributed by atoms with van der Waals surface area (Å²) in [5.41, 5.74) is 1.22. The van der Waals surface area contributed by atoms with Gasteiger partial charge in [0.15, 0.2) is 5.76 Å². The molecule has 2 aromatic heterocycles. The van der Waals surface area contributed by atoms with Crippen molar-refractivity contribution in [1.82, 2.24) is 15.5 Å². The molecule has 1 amide bonds. The summed E-state index contributed by atoms with van der Waals surface area (Å²) in [6.07, 6.45) is 1.43. The first-order valence-corrected chi connectivity index (χ1v) is 9.25. The van der Waals surface area contributed by atoms with Crippen LogP contribution in [0.3, 0.4) is 0 Å². The average molecular weight is 407 g/mol. The van der Waals surface area contributed by atoms with E-state index in [0.29, 0.717) is 22.7 Å². The third-order valence-corrected chi connectivity index (χ3v) is 4.35. The number of hydrogen-bond acceptors (Lipinski definition) is 6. The molecule has 152 valence electrons. The highest BCUT2D eigenvalue weighted by molar-refractivity contribution is 5.93. The number of para-hydroxylation sites is 1. The van der Waals surface area contributed by atoms with Gasteiger partial charge in [0.2, 0.25) is 11.7 Å². The molecule has 0 aliphatic carbocycles. The molecule has 4 rings (SSSR count). The summed E-state index contributed by atoms with van der Waals surface area (Å²) >= 11 is 0. The lowest BCUT2D eigenvalue weighted by atomic mass is 10.2. The maximum atomic E-state index is 13.1. The van der Waals surface area contributed by atoms with E-state index in [1.54, 1.807) is 25.1 Å². The third-order valence-electron chi connectivity index (χ3n) is 4.35. The summed E-state index contributed by atoms with van der Waals surface area (Å²) < 4.78 is 29.3. The Morgan fingerprint density at radius 1 is 1.13 bits per heavy atom. The van der Waals surface area contributed by atoms with Gasteiger partial charge in [0.25, 0.3) is 5.91 Å². The number of amides is 1. The Hall–Kier alpha value is -3.94. The number of nitrogens with one attached hydrogen (secondary N) is 1. The Labute approximate surface area is 171 Å². The van der Waals surface area contributed by atoms with Crippen LogP contribution in [0.1, 0.15) is 35.0 Å². The fourth-order valence-corrected chi connectivity index (χ4v) is 2.78. The van der Waals surface area contributed by atoms with Crippen LogP contribution in [0.15, 0.2) is 75.9 Å². The number of carbonyl (C=O) groups is 1. The second-order valence-electron chi connectivity index (χ2n) is 6.53. The maximum Gasteiger partial charge on any atom is 0.288 e. The largest absolute Gasteiger partial charge is 0.489 e. The SMILES string of the molecule is CC(NC(=O)c1occc1COc1ccccc1)c1nc(-c2ccc(F)cc2)no1. The Balaban J connectivity index is 1.41. The van der Waals surface area contributed by atoms with Crippen molar-refractivity contribution in [3.05, 3.63) is 90.0 Å². The molecule has 0 aliphatic rings. The summed E-state index contributed by atoms with van der Waals surface area (Å²) in [4.78, 5) is 16.9. The fourth-order valence-electron chi connectivity index (χ4n) is 2.78. The zero-order valence-corrected chi connectivity index (χ0v) is 16.0. The molecule has 0 saturated carbocycles. The Bertz CT molecular complexity index is 1120. The summed E-state index contributed by atoms with van der Waals surface area (Å²) in [6.45, 7) is 1.90. The Kier molecular flexibility index (Phi) is 5.56. The molecule has 0 saturated heterocycles. The van der Waals surface area contributed by atoms with E-state index >= 15 is 0 Å². The van der Waals surface area contributed by atoms with Crippen LogP contribution in [0.5, 0.6) is 5.75 Å². The second kappa shape index (κ2) is 8.60. The van der Waals surface area contributed by atoms with Gasteiger partial charge in [-0.25, -0.2) is 4.39 Å². The molecule has 1 unspecified atom stereocenters. The van der Waals surface area contributed by atoms with E-state index in [9.17, 15) is 9.18 Å². The number of ether oxygens (including phenoxy) is 1. The second-order valence-corrected chi connectivity index (χ2v) is 6.53. The third kappa shape index (κ3) is 4.38. The number of aromatic nitrogens is 2. The van der Waals surface area contributed by atoms with Crippen molar-refractivity contribution >= 4 is 5.91 Å². The van der Waals surface area contributed by atoms with E-state index in [1.165, 1.54) is 18.4 Å². The van der Waals surface area contributed by atoms with Gasteiger partial charge in [0, 0.05) is 11.1 Å². The normalized spacial score (nSPS) is 11.8. The average Bonchev–Trinajstić information content (AvgIpc) is 3.43. The molecule has 1 atom stereocenters. The standard InChI is InChI=1S/C22H18FN3O4/c1-14(22-25-20(26-30-22)15-7-9-17(23)10-8-15)24-21(27)19-16(11-12-28-19)13-29-18-5-3-2-4-6-18/h2-12,14H,13H2,1H3,(H,24,27). The minimum atomic E-state index is -0.563. The molecule has 2 heterocycles. The quantitative estimate of drug-likeness (QED) is 0.484. The number of rotatable bonds is 7. The first kappa shape index (κ1) is 19.4. The predicted octanol–water partition coefficient (Wildman–Crippen LogP) is 4.54. The van der Waals surface area contributed by atoms with Gasteiger partial charge >= 0.3 is 0 Å². The van der Waals surface area contributed by atoms with E-state index in [2.05, 4.69) is 15.5 Å². The Morgan fingerprint density at radius 3 is 2.67 bits per heavy atom. The van der Waals surface area contributed by atoms with Crippen molar-refractivity contribution in [3.8, 4) is 17.1 Å². The highest BCUT2D eigenvalue weighted by Crippen LogP contribution is 2.20. The lowest BCUT2D eigenvalue weighted by molar-refractivity contribution is 0.0901. The first-order chi connectivity index (χ1) is 14.6. The van der Waals surface area contributed by atoms with Crippen LogP contribution in [0, 0.1) is 5.82 Å². The zero-order chi connectivity index (χ0) is 20.9. The van der Waals surface area contributed by atoms with Gasteiger partial charge in [0.05, 0.1) is 6.26 Å². The van der Waals surface area contributed by atoms with Crippen LogP contribution in [-0.4, -0.2) is 16.0 Å². The molecule has 0 spiro atoms. The van der Waals surface area contributed by atoms with Crippen LogP contribution >= 0.6 is 0 Å². The van der Waals surface area contributed by atoms with Crippen LogP contribution in [-0.2, 0) is 6.61 Å². The lowest BCUT2D eigenvalue weighted by Gasteiger charge is -2.10. The van der Waals surface area contributed by atoms with E-state index in [-0.39, 0.29) is 24.1 Å². The highest BCUT2D eigenvalue weighted by Gasteiger charge is 2.22. The van der Waals surface area contributed by atoms with E-state index in [1.807, 2.05) is 30.3 Å². The molecular formula is C22H18FN3O4. The summed E-state index contributed by atoms with van der Waals surface area (Å²) in [5, 5.41) is 6.65. The van der Waals surface area contributed by atoms with Gasteiger partial charge in [0.1, 0.15) is 24.2 Å². The topological polar surface area (TPSA) is 90.4 Å². The Morgan fingerprint density at radius 2 is 1.90 bits per heavy atom.